The summed E-state index contributed by atoms with van der Waals surface area (Å²) in [5.41, 5.74) is 0.868. The molecule has 0 atom stereocenters. The Kier molecular flexibility index (Phi) is 3.36. The lowest BCUT2D eigenvalue weighted by Crippen LogP contribution is -2.34. The Balaban J connectivity index is 2.17. The normalized spacial score (nSPS) is 17.1. The fourth-order valence-electron chi connectivity index (χ4n) is 1.74. The molecule has 1 aliphatic heterocycles. The lowest BCUT2D eigenvalue weighted by molar-refractivity contribution is -0.117. The Morgan fingerprint density at radius 1 is 1.50 bits per heavy atom. The standard InChI is InChI=1S/C11H16N4O/c1-12-10-4-3-9(7-14-10)15-6-2-5-13-8-11(15)16/h3-4,7,13H,2,5-6,8H2,1H3,(H,12,14). The number of carbonyl (C=O) groups is 1. The smallest absolute Gasteiger partial charge is 0.240 e. The van der Waals surface area contributed by atoms with Crippen LogP contribution < -0.4 is 15.5 Å². The topological polar surface area (TPSA) is 57.3 Å². The first kappa shape index (κ1) is 10.9. The molecule has 0 bridgehead atoms. The molecule has 1 aromatic heterocycles. The molecule has 1 saturated heterocycles. The van der Waals surface area contributed by atoms with Gasteiger partial charge in [-0.15, -0.1) is 0 Å². The summed E-state index contributed by atoms with van der Waals surface area (Å²) in [7, 11) is 1.82. The SMILES string of the molecule is CNc1ccc(N2CCCNCC2=O)cn1. The van der Waals surface area contributed by atoms with Gasteiger partial charge in [-0.1, -0.05) is 0 Å². The largest absolute Gasteiger partial charge is 0.373 e. The van der Waals surface area contributed by atoms with Gasteiger partial charge in [-0.2, -0.15) is 0 Å². The number of hydrogen-bond acceptors (Lipinski definition) is 4. The zero-order valence-corrected chi connectivity index (χ0v) is 9.36. The molecule has 5 nitrogen and oxygen atoms in total. The van der Waals surface area contributed by atoms with E-state index in [-0.39, 0.29) is 5.91 Å². The Morgan fingerprint density at radius 2 is 2.38 bits per heavy atom. The van der Waals surface area contributed by atoms with Crippen molar-refractivity contribution in [1.82, 2.24) is 10.3 Å². The summed E-state index contributed by atoms with van der Waals surface area (Å²) in [6, 6.07) is 3.79. The van der Waals surface area contributed by atoms with Crippen LogP contribution in [-0.2, 0) is 4.79 Å². The second-order valence-corrected chi connectivity index (χ2v) is 3.73. The molecule has 86 valence electrons. The van der Waals surface area contributed by atoms with Gasteiger partial charge in [0.25, 0.3) is 0 Å². The molecule has 1 amide bonds. The van der Waals surface area contributed by atoms with Crippen molar-refractivity contribution in [2.24, 2.45) is 0 Å². The molecule has 16 heavy (non-hydrogen) atoms. The highest BCUT2D eigenvalue weighted by Gasteiger charge is 2.17. The van der Waals surface area contributed by atoms with Crippen molar-refractivity contribution < 1.29 is 4.79 Å². The van der Waals surface area contributed by atoms with E-state index in [1.807, 2.05) is 19.2 Å². The van der Waals surface area contributed by atoms with Crippen molar-refractivity contribution in [3.05, 3.63) is 18.3 Å². The quantitative estimate of drug-likeness (QED) is 0.759. The van der Waals surface area contributed by atoms with E-state index in [4.69, 9.17) is 0 Å². The van der Waals surface area contributed by atoms with E-state index in [9.17, 15) is 4.79 Å². The van der Waals surface area contributed by atoms with Crippen molar-refractivity contribution in [2.75, 3.05) is 36.9 Å². The average Bonchev–Trinajstić information content (AvgIpc) is 2.54. The number of pyridine rings is 1. The van der Waals surface area contributed by atoms with Crippen LogP contribution in [0.1, 0.15) is 6.42 Å². The minimum absolute atomic E-state index is 0.108. The minimum Gasteiger partial charge on any atom is -0.373 e. The van der Waals surface area contributed by atoms with E-state index in [1.54, 1.807) is 11.1 Å². The highest BCUT2D eigenvalue weighted by molar-refractivity contribution is 5.94. The van der Waals surface area contributed by atoms with Crippen molar-refractivity contribution in [3.63, 3.8) is 0 Å². The zero-order chi connectivity index (χ0) is 11.4. The second-order valence-electron chi connectivity index (χ2n) is 3.73. The summed E-state index contributed by atoms with van der Waals surface area (Å²) in [6.07, 6.45) is 2.70. The van der Waals surface area contributed by atoms with Gasteiger partial charge < -0.3 is 15.5 Å². The van der Waals surface area contributed by atoms with Crippen molar-refractivity contribution in [3.8, 4) is 0 Å². The number of nitrogens with zero attached hydrogens (tertiary/aromatic N) is 2. The molecule has 0 aromatic carbocycles. The van der Waals surface area contributed by atoms with Crippen molar-refractivity contribution in [1.29, 1.82) is 0 Å². The Morgan fingerprint density at radius 3 is 3.06 bits per heavy atom. The lowest BCUT2D eigenvalue weighted by Gasteiger charge is -2.19. The summed E-state index contributed by atoms with van der Waals surface area (Å²) in [4.78, 5) is 17.8. The molecule has 0 spiro atoms. The van der Waals surface area contributed by atoms with Gasteiger partial charge in [-0.05, 0) is 25.1 Å². The molecule has 2 rings (SSSR count). The van der Waals surface area contributed by atoms with E-state index in [2.05, 4.69) is 15.6 Å². The number of nitrogens with one attached hydrogen (secondary N) is 2. The first-order valence-corrected chi connectivity index (χ1v) is 5.46. The monoisotopic (exact) mass is 220 g/mol. The van der Waals surface area contributed by atoms with Gasteiger partial charge in [0.2, 0.25) is 5.91 Å². The van der Waals surface area contributed by atoms with Gasteiger partial charge in [0.15, 0.2) is 0 Å². The number of amides is 1. The van der Waals surface area contributed by atoms with Gasteiger partial charge in [0.05, 0.1) is 18.4 Å². The van der Waals surface area contributed by atoms with E-state index >= 15 is 0 Å². The molecule has 0 radical (unpaired) electrons. The van der Waals surface area contributed by atoms with Crippen LogP contribution in [0.2, 0.25) is 0 Å². The fourth-order valence-corrected chi connectivity index (χ4v) is 1.74. The third kappa shape index (κ3) is 2.30. The third-order valence-electron chi connectivity index (χ3n) is 2.63. The molecule has 0 unspecified atom stereocenters. The zero-order valence-electron chi connectivity index (χ0n) is 9.36. The van der Waals surface area contributed by atoms with Crippen LogP contribution in [0, 0.1) is 0 Å². The maximum atomic E-state index is 11.8. The molecule has 1 fully saturated rings. The van der Waals surface area contributed by atoms with E-state index < -0.39 is 0 Å². The number of carbonyl (C=O) groups excluding carboxylic acids is 1. The van der Waals surface area contributed by atoms with Gasteiger partial charge in [0.1, 0.15) is 5.82 Å². The third-order valence-corrected chi connectivity index (χ3v) is 2.63. The van der Waals surface area contributed by atoms with Crippen LogP contribution >= 0.6 is 0 Å². The highest BCUT2D eigenvalue weighted by Crippen LogP contribution is 2.16. The number of aromatic nitrogens is 1. The van der Waals surface area contributed by atoms with Crippen LogP contribution in [0.15, 0.2) is 18.3 Å². The fraction of sp³-hybridized carbons (Fsp3) is 0.455. The maximum absolute atomic E-state index is 11.8. The predicted octanol–water partition coefficient (Wildman–Crippen LogP) is 0.450. The molecule has 0 aliphatic carbocycles. The molecular weight excluding hydrogens is 204 g/mol. The molecule has 0 saturated carbocycles. The van der Waals surface area contributed by atoms with Gasteiger partial charge >= 0.3 is 0 Å². The van der Waals surface area contributed by atoms with Crippen LogP contribution in [-0.4, -0.2) is 37.6 Å². The summed E-state index contributed by atoms with van der Waals surface area (Å²) < 4.78 is 0. The molecule has 1 aromatic rings. The molecule has 1 aliphatic rings. The minimum atomic E-state index is 0.108. The predicted molar refractivity (Wildman–Crippen MR) is 63.6 cm³/mol. The van der Waals surface area contributed by atoms with Gasteiger partial charge in [-0.25, -0.2) is 4.98 Å². The highest BCUT2D eigenvalue weighted by atomic mass is 16.2. The van der Waals surface area contributed by atoms with Crippen molar-refractivity contribution in [2.45, 2.75) is 6.42 Å². The molecular formula is C11H16N4O. The summed E-state index contributed by atoms with van der Waals surface area (Å²) >= 11 is 0. The number of hydrogen-bond donors (Lipinski definition) is 2. The van der Waals surface area contributed by atoms with Crippen molar-refractivity contribution >= 4 is 17.4 Å². The first-order valence-electron chi connectivity index (χ1n) is 5.46. The number of anilines is 2. The van der Waals surface area contributed by atoms with Gasteiger partial charge in [-0.3, -0.25) is 4.79 Å². The van der Waals surface area contributed by atoms with Crippen LogP contribution in [0.5, 0.6) is 0 Å². The first-order chi connectivity index (χ1) is 7.81. The average molecular weight is 220 g/mol. The van der Waals surface area contributed by atoms with Gasteiger partial charge in [0, 0.05) is 13.6 Å². The Labute approximate surface area is 94.9 Å². The van der Waals surface area contributed by atoms with Crippen LogP contribution in [0.25, 0.3) is 0 Å². The lowest BCUT2D eigenvalue weighted by atomic mass is 10.3. The maximum Gasteiger partial charge on any atom is 0.240 e. The Bertz CT molecular complexity index is 363. The van der Waals surface area contributed by atoms with E-state index in [0.29, 0.717) is 6.54 Å². The number of rotatable bonds is 2. The summed E-state index contributed by atoms with van der Waals surface area (Å²) in [5, 5.41) is 6.05. The Hall–Kier alpha value is -1.62. The second kappa shape index (κ2) is 4.94. The molecule has 2 N–H and O–H groups in total. The summed E-state index contributed by atoms with van der Waals surface area (Å²) in [6.45, 7) is 2.06. The van der Waals surface area contributed by atoms with Crippen LogP contribution in [0.4, 0.5) is 11.5 Å². The summed E-state index contributed by atoms with van der Waals surface area (Å²) in [5.74, 6) is 0.917. The molecule has 5 heteroatoms. The molecule has 2 heterocycles. The van der Waals surface area contributed by atoms with Crippen LogP contribution in [0.3, 0.4) is 0 Å². The van der Waals surface area contributed by atoms with E-state index in [0.717, 1.165) is 31.0 Å². The van der Waals surface area contributed by atoms with E-state index in [1.165, 1.54) is 0 Å².